The first kappa shape index (κ1) is 12.4. The van der Waals surface area contributed by atoms with Gasteiger partial charge in [0.25, 0.3) is 0 Å². The van der Waals surface area contributed by atoms with E-state index in [9.17, 15) is 4.79 Å². The molecule has 0 saturated carbocycles. The lowest BCUT2D eigenvalue weighted by Crippen LogP contribution is -2.20. The number of aromatic nitrogens is 1. The standard InChI is InChI=1S/C12H17N3O/c1-9(2)8-12(16)15-14-10(3)11-4-6-13-7-5-11/h4-7,9H,8H2,1-3H3,(H,15,16)/b14-10-. The van der Waals surface area contributed by atoms with Crippen molar-refractivity contribution in [2.24, 2.45) is 11.0 Å². The molecule has 0 aliphatic heterocycles. The Morgan fingerprint density at radius 1 is 1.44 bits per heavy atom. The summed E-state index contributed by atoms with van der Waals surface area (Å²) in [6.07, 6.45) is 3.89. The van der Waals surface area contributed by atoms with Crippen LogP contribution in [-0.4, -0.2) is 16.6 Å². The van der Waals surface area contributed by atoms with E-state index in [0.29, 0.717) is 12.3 Å². The van der Waals surface area contributed by atoms with E-state index in [1.807, 2.05) is 32.9 Å². The molecule has 16 heavy (non-hydrogen) atoms. The van der Waals surface area contributed by atoms with Crippen molar-refractivity contribution in [3.63, 3.8) is 0 Å². The van der Waals surface area contributed by atoms with E-state index in [0.717, 1.165) is 11.3 Å². The zero-order valence-electron chi connectivity index (χ0n) is 9.90. The minimum absolute atomic E-state index is 0.0524. The molecule has 0 radical (unpaired) electrons. The molecule has 0 fully saturated rings. The maximum absolute atomic E-state index is 11.4. The molecule has 1 N–H and O–H groups in total. The van der Waals surface area contributed by atoms with Gasteiger partial charge >= 0.3 is 0 Å². The Labute approximate surface area is 95.8 Å². The van der Waals surface area contributed by atoms with Crippen molar-refractivity contribution in [1.29, 1.82) is 0 Å². The molecule has 1 aromatic rings. The highest BCUT2D eigenvalue weighted by Gasteiger charge is 2.03. The van der Waals surface area contributed by atoms with Crippen LogP contribution in [0.2, 0.25) is 0 Å². The molecular weight excluding hydrogens is 202 g/mol. The Kier molecular flexibility index (Phi) is 4.64. The highest BCUT2D eigenvalue weighted by molar-refractivity contribution is 5.99. The summed E-state index contributed by atoms with van der Waals surface area (Å²) in [6, 6.07) is 3.71. The van der Waals surface area contributed by atoms with E-state index >= 15 is 0 Å². The predicted octanol–water partition coefficient (Wildman–Crippen LogP) is 1.97. The molecule has 0 atom stereocenters. The Bertz CT molecular complexity index is 371. The van der Waals surface area contributed by atoms with Crippen LogP contribution in [0.1, 0.15) is 32.8 Å². The molecular formula is C12H17N3O. The van der Waals surface area contributed by atoms with Crippen molar-refractivity contribution in [2.75, 3.05) is 0 Å². The van der Waals surface area contributed by atoms with Gasteiger partial charge in [-0.3, -0.25) is 9.78 Å². The topological polar surface area (TPSA) is 54.4 Å². The summed E-state index contributed by atoms with van der Waals surface area (Å²) < 4.78 is 0. The summed E-state index contributed by atoms with van der Waals surface area (Å²) in [7, 11) is 0. The van der Waals surface area contributed by atoms with Gasteiger partial charge in [0.15, 0.2) is 0 Å². The number of carbonyl (C=O) groups excluding carboxylic acids is 1. The van der Waals surface area contributed by atoms with Crippen LogP contribution in [0.5, 0.6) is 0 Å². The average Bonchev–Trinajstić information content (AvgIpc) is 2.26. The lowest BCUT2D eigenvalue weighted by molar-refractivity contribution is -0.121. The maximum Gasteiger partial charge on any atom is 0.240 e. The fraction of sp³-hybridized carbons (Fsp3) is 0.417. The van der Waals surface area contributed by atoms with E-state index in [2.05, 4.69) is 15.5 Å². The molecule has 1 amide bonds. The normalized spacial score (nSPS) is 11.6. The minimum Gasteiger partial charge on any atom is -0.273 e. The van der Waals surface area contributed by atoms with Gasteiger partial charge in [-0.25, -0.2) is 5.43 Å². The number of hydrogen-bond acceptors (Lipinski definition) is 3. The van der Waals surface area contributed by atoms with Crippen LogP contribution in [0.3, 0.4) is 0 Å². The summed E-state index contributed by atoms with van der Waals surface area (Å²) >= 11 is 0. The molecule has 0 spiro atoms. The van der Waals surface area contributed by atoms with E-state index < -0.39 is 0 Å². The third-order valence-electron chi connectivity index (χ3n) is 2.04. The largest absolute Gasteiger partial charge is 0.273 e. The molecule has 0 bridgehead atoms. The van der Waals surface area contributed by atoms with Gasteiger partial charge in [0.2, 0.25) is 5.91 Å². The third kappa shape index (κ3) is 4.21. The van der Waals surface area contributed by atoms with Crippen LogP contribution in [0, 0.1) is 5.92 Å². The fourth-order valence-corrected chi connectivity index (χ4v) is 1.22. The summed E-state index contributed by atoms with van der Waals surface area (Å²) in [5, 5.41) is 4.04. The molecule has 86 valence electrons. The molecule has 4 nitrogen and oxygen atoms in total. The SMILES string of the molecule is C/C(=N/NC(=O)CC(C)C)c1ccncc1. The number of rotatable bonds is 4. The number of pyridine rings is 1. The van der Waals surface area contributed by atoms with Crippen LogP contribution >= 0.6 is 0 Å². The Balaban J connectivity index is 2.55. The predicted molar refractivity (Wildman–Crippen MR) is 64.0 cm³/mol. The number of nitrogens with one attached hydrogen (secondary N) is 1. The molecule has 4 heteroatoms. The second kappa shape index (κ2) is 6.00. The molecule has 0 aliphatic rings. The van der Waals surface area contributed by atoms with Gasteiger partial charge in [0.1, 0.15) is 0 Å². The number of hydrazone groups is 1. The molecule has 1 heterocycles. The Morgan fingerprint density at radius 2 is 2.06 bits per heavy atom. The zero-order valence-corrected chi connectivity index (χ0v) is 9.90. The van der Waals surface area contributed by atoms with Crippen molar-refractivity contribution in [3.05, 3.63) is 30.1 Å². The zero-order chi connectivity index (χ0) is 12.0. The lowest BCUT2D eigenvalue weighted by atomic mass is 10.1. The Morgan fingerprint density at radius 3 is 2.62 bits per heavy atom. The van der Waals surface area contributed by atoms with Crippen molar-refractivity contribution in [2.45, 2.75) is 27.2 Å². The molecule has 0 aliphatic carbocycles. The highest BCUT2D eigenvalue weighted by Crippen LogP contribution is 2.00. The van der Waals surface area contributed by atoms with Gasteiger partial charge in [0, 0.05) is 24.4 Å². The quantitative estimate of drug-likeness (QED) is 0.621. The van der Waals surface area contributed by atoms with Crippen LogP contribution in [-0.2, 0) is 4.79 Å². The maximum atomic E-state index is 11.4. The van der Waals surface area contributed by atoms with Crippen molar-refractivity contribution < 1.29 is 4.79 Å². The number of amides is 1. The van der Waals surface area contributed by atoms with E-state index in [4.69, 9.17) is 0 Å². The van der Waals surface area contributed by atoms with Crippen LogP contribution in [0.15, 0.2) is 29.6 Å². The van der Waals surface area contributed by atoms with Crippen molar-refractivity contribution >= 4 is 11.6 Å². The van der Waals surface area contributed by atoms with Gasteiger partial charge in [-0.05, 0) is 25.0 Å². The first-order chi connectivity index (χ1) is 7.59. The van der Waals surface area contributed by atoms with E-state index in [-0.39, 0.29) is 5.91 Å². The van der Waals surface area contributed by atoms with Gasteiger partial charge in [0.05, 0.1) is 5.71 Å². The Hall–Kier alpha value is -1.71. The van der Waals surface area contributed by atoms with E-state index in [1.165, 1.54) is 0 Å². The van der Waals surface area contributed by atoms with Gasteiger partial charge in [-0.1, -0.05) is 13.8 Å². The molecule has 0 saturated heterocycles. The van der Waals surface area contributed by atoms with Gasteiger partial charge < -0.3 is 0 Å². The second-order valence-electron chi connectivity index (χ2n) is 4.07. The number of hydrogen-bond donors (Lipinski definition) is 1. The number of carbonyl (C=O) groups is 1. The smallest absolute Gasteiger partial charge is 0.240 e. The molecule has 0 aromatic carbocycles. The van der Waals surface area contributed by atoms with Crippen molar-refractivity contribution in [3.8, 4) is 0 Å². The third-order valence-corrected chi connectivity index (χ3v) is 2.04. The van der Waals surface area contributed by atoms with Crippen LogP contribution < -0.4 is 5.43 Å². The number of nitrogens with zero attached hydrogens (tertiary/aromatic N) is 2. The first-order valence-corrected chi connectivity index (χ1v) is 5.33. The summed E-state index contributed by atoms with van der Waals surface area (Å²) in [5.41, 5.74) is 4.28. The molecule has 1 rings (SSSR count). The van der Waals surface area contributed by atoms with Gasteiger partial charge in [-0.15, -0.1) is 0 Å². The fourth-order valence-electron chi connectivity index (χ4n) is 1.22. The van der Waals surface area contributed by atoms with E-state index in [1.54, 1.807) is 12.4 Å². The average molecular weight is 219 g/mol. The molecule has 1 aromatic heterocycles. The minimum atomic E-state index is -0.0524. The van der Waals surface area contributed by atoms with Crippen LogP contribution in [0.25, 0.3) is 0 Å². The monoisotopic (exact) mass is 219 g/mol. The van der Waals surface area contributed by atoms with Gasteiger partial charge in [-0.2, -0.15) is 5.10 Å². The summed E-state index contributed by atoms with van der Waals surface area (Å²) in [4.78, 5) is 15.3. The molecule has 0 unspecified atom stereocenters. The van der Waals surface area contributed by atoms with Crippen molar-refractivity contribution in [1.82, 2.24) is 10.4 Å². The highest BCUT2D eigenvalue weighted by atomic mass is 16.2. The summed E-state index contributed by atoms with van der Waals surface area (Å²) in [6.45, 7) is 5.85. The lowest BCUT2D eigenvalue weighted by Gasteiger charge is -2.04. The van der Waals surface area contributed by atoms with Crippen LogP contribution in [0.4, 0.5) is 0 Å². The second-order valence-corrected chi connectivity index (χ2v) is 4.07. The first-order valence-electron chi connectivity index (χ1n) is 5.33. The summed E-state index contributed by atoms with van der Waals surface area (Å²) in [5.74, 6) is 0.292.